The lowest BCUT2D eigenvalue weighted by Gasteiger charge is -2.16. The van der Waals surface area contributed by atoms with Crippen molar-refractivity contribution < 1.29 is 4.39 Å². The fourth-order valence-electron chi connectivity index (χ4n) is 2.36. The maximum atomic E-state index is 13.3. The predicted octanol–water partition coefficient (Wildman–Crippen LogP) is 3.93. The lowest BCUT2D eigenvalue weighted by atomic mass is 10.1. The van der Waals surface area contributed by atoms with Crippen molar-refractivity contribution >= 4 is 23.2 Å². The molecule has 0 amide bonds. The van der Waals surface area contributed by atoms with Gasteiger partial charge in [0, 0.05) is 19.0 Å². The molecule has 1 aliphatic rings. The number of hydrogen-bond donors (Lipinski definition) is 0. The molecule has 1 saturated heterocycles. The monoisotopic (exact) mass is 275 g/mol. The van der Waals surface area contributed by atoms with E-state index in [1.165, 1.54) is 12.5 Å². The first-order valence-corrected chi connectivity index (χ1v) is 6.83. The van der Waals surface area contributed by atoms with E-state index in [0.29, 0.717) is 5.92 Å². The van der Waals surface area contributed by atoms with Gasteiger partial charge < -0.3 is 0 Å². The van der Waals surface area contributed by atoms with Crippen molar-refractivity contribution in [2.75, 3.05) is 19.0 Å². The van der Waals surface area contributed by atoms with Gasteiger partial charge in [0.1, 0.15) is 5.82 Å². The van der Waals surface area contributed by atoms with Crippen LogP contribution in [0.1, 0.15) is 18.4 Å². The molecule has 1 atom stereocenters. The van der Waals surface area contributed by atoms with E-state index in [9.17, 15) is 4.39 Å². The Morgan fingerprint density at radius 3 is 3.00 bits per heavy atom. The second-order valence-corrected chi connectivity index (χ2v) is 5.34. The fraction of sp³-hybridized carbons (Fsp3) is 0.538. The summed E-state index contributed by atoms with van der Waals surface area (Å²) in [5, 5.41) is 0.258. The highest BCUT2D eigenvalue weighted by atomic mass is 35.5. The summed E-state index contributed by atoms with van der Waals surface area (Å²) in [6.07, 6.45) is 2.24. The molecule has 0 radical (unpaired) electrons. The van der Waals surface area contributed by atoms with Crippen molar-refractivity contribution in [1.82, 2.24) is 4.90 Å². The largest absolute Gasteiger partial charge is 0.299 e. The van der Waals surface area contributed by atoms with Crippen LogP contribution in [0.25, 0.3) is 0 Å². The maximum absolute atomic E-state index is 13.3. The molecule has 1 aromatic rings. The summed E-state index contributed by atoms with van der Waals surface area (Å²) in [4.78, 5) is 2.32. The van der Waals surface area contributed by atoms with Crippen molar-refractivity contribution in [3.63, 3.8) is 0 Å². The molecule has 1 aliphatic heterocycles. The number of benzene rings is 1. The Labute approximate surface area is 112 Å². The summed E-state index contributed by atoms with van der Waals surface area (Å²) in [6, 6.07) is 5.00. The molecule has 0 aliphatic carbocycles. The Morgan fingerprint density at radius 2 is 2.24 bits per heavy atom. The van der Waals surface area contributed by atoms with Crippen LogP contribution in [0.15, 0.2) is 18.2 Å². The lowest BCUT2D eigenvalue weighted by molar-refractivity contribution is 0.315. The van der Waals surface area contributed by atoms with Crippen molar-refractivity contribution in [1.29, 1.82) is 0 Å². The number of alkyl halides is 1. The molecule has 0 bridgehead atoms. The second kappa shape index (κ2) is 6.03. The van der Waals surface area contributed by atoms with Gasteiger partial charge in [0.25, 0.3) is 0 Å². The second-order valence-electron chi connectivity index (χ2n) is 4.58. The minimum Gasteiger partial charge on any atom is -0.299 e. The average molecular weight is 276 g/mol. The van der Waals surface area contributed by atoms with E-state index >= 15 is 0 Å². The molecule has 0 saturated carbocycles. The number of hydrogen-bond acceptors (Lipinski definition) is 1. The zero-order valence-electron chi connectivity index (χ0n) is 9.63. The Bertz CT molecular complexity index is 384. The summed E-state index contributed by atoms with van der Waals surface area (Å²) < 4.78 is 13.3. The number of likely N-dealkylation sites (tertiary alicyclic amines) is 1. The summed E-state index contributed by atoms with van der Waals surface area (Å²) >= 11 is 11.7. The van der Waals surface area contributed by atoms with E-state index < -0.39 is 0 Å². The van der Waals surface area contributed by atoms with Gasteiger partial charge in [0.2, 0.25) is 0 Å². The molecule has 2 rings (SSSR count). The molecule has 1 fully saturated rings. The van der Waals surface area contributed by atoms with Crippen LogP contribution >= 0.6 is 23.2 Å². The summed E-state index contributed by atoms with van der Waals surface area (Å²) in [5.41, 5.74) is 0.873. The van der Waals surface area contributed by atoms with Crippen LogP contribution in [0.4, 0.5) is 4.39 Å². The maximum Gasteiger partial charge on any atom is 0.142 e. The molecule has 0 N–H and O–H groups in total. The molecule has 1 aromatic carbocycles. The van der Waals surface area contributed by atoms with Gasteiger partial charge in [-0.15, -0.1) is 11.6 Å². The normalized spacial score (nSPS) is 21.0. The molecule has 0 aromatic heterocycles. The number of halogens is 3. The topological polar surface area (TPSA) is 3.24 Å². The Morgan fingerprint density at radius 1 is 1.41 bits per heavy atom. The number of nitrogens with zero attached hydrogens (tertiary/aromatic N) is 1. The standard InChI is InChI=1S/C13H16Cl2FN/c14-6-4-10-5-7-17(8-10)9-11-2-1-3-12(16)13(11)15/h1-3,10H,4-9H2. The van der Waals surface area contributed by atoms with Crippen molar-refractivity contribution in [3.8, 4) is 0 Å². The first-order chi connectivity index (χ1) is 8.20. The van der Waals surface area contributed by atoms with E-state index in [2.05, 4.69) is 4.90 Å². The van der Waals surface area contributed by atoms with Crippen LogP contribution in [0.3, 0.4) is 0 Å². The summed E-state index contributed by atoms with van der Waals surface area (Å²) in [6.45, 7) is 2.82. The predicted molar refractivity (Wildman–Crippen MR) is 70.1 cm³/mol. The van der Waals surface area contributed by atoms with E-state index in [4.69, 9.17) is 23.2 Å². The molecule has 1 heterocycles. The molecule has 17 heavy (non-hydrogen) atoms. The van der Waals surface area contributed by atoms with E-state index in [1.54, 1.807) is 6.07 Å². The van der Waals surface area contributed by atoms with Gasteiger partial charge >= 0.3 is 0 Å². The van der Waals surface area contributed by atoms with Gasteiger partial charge in [0.05, 0.1) is 5.02 Å². The molecular weight excluding hydrogens is 260 g/mol. The van der Waals surface area contributed by atoms with E-state index in [1.807, 2.05) is 6.07 Å². The average Bonchev–Trinajstić information content (AvgIpc) is 2.73. The molecule has 0 spiro atoms. The van der Waals surface area contributed by atoms with Gasteiger partial charge in [0.15, 0.2) is 0 Å². The summed E-state index contributed by atoms with van der Waals surface area (Å²) in [5.74, 6) is 1.07. The van der Waals surface area contributed by atoms with Gasteiger partial charge in [-0.2, -0.15) is 0 Å². The van der Waals surface area contributed by atoms with Crippen molar-refractivity contribution in [2.24, 2.45) is 5.92 Å². The Balaban J connectivity index is 1.96. The highest BCUT2D eigenvalue weighted by Gasteiger charge is 2.22. The van der Waals surface area contributed by atoms with Crippen LogP contribution in [0, 0.1) is 11.7 Å². The molecule has 4 heteroatoms. The highest BCUT2D eigenvalue weighted by Crippen LogP contribution is 2.25. The van der Waals surface area contributed by atoms with Crippen LogP contribution < -0.4 is 0 Å². The first-order valence-electron chi connectivity index (χ1n) is 5.92. The zero-order chi connectivity index (χ0) is 12.3. The minimum atomic E-state index is -0.333. The Kier molecular flexibility index (Phi) is 4.66. The van der Waals surface area contributed by atoms with E-state index in [-0.39, 0.29) is 10.8 Å². The highest BCUT2D eigenvalue weighted by molar-refractivity contribution is 6.31. The lowest BCUT2D eigenvalue weighted by Crippen LogP contribution is -2.20. The zero-order valence-corrected chi connectivity index (χ0v) is 11.1. The van der Waals surface area contributed by atoms with Crippen molar-refractivity contribution in [3.05, 3.63) is 34.6 Å². The van der Waals surface area contributed by atoms with Crippen LogP contribution in [-0.2, 0) is 6.54 Å². The third-order valence-corrected chi connectivity index (χ3v) is 3.95. The third-order valence-electron chi connectivity index (χ3n) is 3.31. The molecule has 94 valence electrons. The smallest absolute Gasteiger partial charge is 0.142 e. The van der Waals surface area contributed by atoms with Gasteiger partial charge in [-0.3, -0.25) is 4.90 Å². The quantitative estimate of drug-likeness (QED) is 0.753. The first kappa shape index (κ1) is 13.1. The Hall–Kier alpha value is -0.310. The van der Waals surface area contributed by atoms with Gasteiger partial charge in [-0.05, 0) is 36.9 Å². The van der Waals surface area contributed by atoms with Gasteiger partial charge in [-0.25, -0.2) is 4.39 Å². The van der Waals surface area contributed by atoms with E-state index in [0.717, 1.165) is 37.5 Å². The van der Waals surface area contributed by atoms with Crippen LogP contribution in [0.2, 0.25) is 5.02 Å². The number of rotatable bonds is 4. The molecular formula is C13H16Cl2FN. The fourth-order valence-corrected chi connectivity index (χ4v) is 2.85. The minimum absolute atomic E-state index is 0.258. The van der Waals surface area contributed by atoms with Crippen LogP contribution in [0.5, 0.6) is 0 Å². The van der Waals surface area contributed by atoms with Gasteiger partial charge in [-0.1, -0.05) is 23.7 Å². The SMILES string of the molecule is Fc1cccc(CN2CCC(CCCl)C2)c1Cl. The van der Waals surface area contributed by atoms with Crippen molar-refractivity contribution in [2.45, 2.75) is 19.4 Å². The van der Waals surface area contributed by atoms with Crippen LogP contribution in [-0.4, -0.2) is 23.9 Å². The molecule has 1 unspecified atom stereocenters. The third kappa shape index (κ3) is 3.34. The summed E-state index contributed by atoms with van der Waals surface area (Å²) in [7, 11) is 0. The molecule has 1 nitrogen and oxygen atoms in total.